The van der Waals surface area contributed by atoms with Gasteiger partial charge >= 0.3 is 6.09 Å². The second kappa shape index (κ2) is 8.47. The minimum Gasteiger partial charge on any atom is -0.444 e. The van der Waals surface area contributed by atoms with Crippen molar-refractivity contribution >= 4 is 20.7 Å². The van der Waals surface area contributed by atoms with E-state index < -0.39 is 19.6 Å². The lowest BCUT2D eigenvalue weighted by molar-refractivity contribution is -0.112. The van der Waals surface area contributed by atoms with Crippen LogP contribution < -0.4 is 0 Å². The van der Waals surface area contributed by atoms with Crippen molar-refractivity contribution in [2.75, 3.05) is 6.54 Å². The van der Waals surface area contributed by atoms with E-state index in [1.54, 1.807) is 4.90 Å². The molecule has 0 bridgehead atoms. The van der Waals surface area contributed by atoms with E-state index in [4.69, 9.17) is 9.16 Å². The van der Waals surface area contributed by atoms with Gasteiger partial charge in [0.2, 0.25) is 0 Å². The molecular formula is C18H35NO4Si. The molecule has 1 aliphatic heterocycles. The molecule has 0 spiro atoms. The van der Waals surface area contributed by atoms with Crippen LogP contribution in [-0.4, -0.2) is 43.5 Å². The molecule has 0 aromatic rings. The predicted molar refractivity (Wildman–Crippen MR) is 98.5 cm³/mol. The zero-order chi connectivity index (χ0) is 18.4. The van der Waals surface area contributed by atoms with Gasteiger partial charge in [-0.2, -0.15) is 0 Å². The number of likely N-dealkylation sites (tertiary alicyclic amines) is 1. The summed E-state index contributed by atoms with van der Waals surface area (Å²) in [5.41, 5.74) is -1.21. The topological polar surface area (TPSA) is 55.8 Å². The van der Waals surface area contributed by atoms with Crippen LogP contribution in [0.1, 0.15) is 66.2 Å². The van der Waals surface area contributed by atoms with E-state index in [-0.39, 0.29) is 6.09 Å². The standard InChI is InChI=1S/C18H35NO4Si/c1-7-8-15-24(5,6)23-18(12-10-14-20)11-9-13-19(18)16(21)22-17(2,3)4/h14H,7-13,15H2,1-6H3. The van der Waals surface area contributed by atoms with Gasteiger partial charge in [-0.05, 0) is 52.8 Å². The Labute approximate surface area is 148 Å². The number of ether oxygens (including phenoxy) is 1. The molecule has 1 atom stereocenters. The van der Waals surface area contributed by atoms with Gasteiger partial charge in [-0.15, -0.1) is 0 Å². The highest BCUT2D eigenvalue weighted by Gasteiger charge is 2.48. The maximum absolute atomic E-state index is 12.7. The highest BCUT2D eigenvalue weighted by molar-refractivity contribution is 6.71. The van der Waals surface area contributed by atoms with Gasteiger partial charge < -0.3 is 14.0 Å². The molecule has 5 nitrogen and oxygen atoms in total. The summed E-state index contributed by atoms with van der Waals surface area (Å²) in [6.45, 7) is 12.8. The zero-order valence-corrected chi connectivity index (χ0v) is 17.3. The number of nitrogens with zero attached hydrogens (tertiary/aromatic N) is 1. The molecule has 1 fully saturated rings. The summed E-state index contributed by atoms with van der Waals surface area (Å²) in [6.07, 6.45) is 5.48. The van der Waals surface area contributed by atoms with Crippen molar-refractivity contribution in [3.63, 3.8) is 0 Å². The molecular weight excluding hydrogens is 322 g/mol. The van der Waals surface area contributed by atoms with Crippen LogP contribution in [0.3, 0.4) is 0 Å². The molecule has 1 rings (SSSR count). The molecule has 0 aromatic carbocycles. The second-order valence-electron chi connectivity index (χ2n) is 8.35. The average Bonchev–Trinajstić information content (AvgIpc) is 2.84. The SMILES string of the molecule is CCCC[Si](C)(C)OC1(CCC=O)CCCN1C(=O)OC(C)(C)C. The zero-order valence-electron chi connectivity index (χ0n) is 16.3. The summed E-state index contributed by atoms with van der Waals surface area (Å²) in [4.78, 5) is 25.4. The third kappa shape index (κ3) is 6.20. The van der Waals surface area contributed by atoms with Crippen molar-refractivity contribution in [3.8, 4) is 0 Å². The molecule has 1 unspecified atom stereocenters. The molecule has 0 radical (unpaired) electrons. The monoisotopic (exact) mass is 357 g/mol. The lowest BCUT2D eigenvalue weighted by atomic mass is 10.1. The van der Waals surface area contributed by atoms with Crippen molar-refractivity contribution in [1.82, 2.24) is 4.90 Å². The molecule has 140 valence electrons. The first kappa shape index (κ1) is 21.2. The van der Waals surface area contributed by atoms with E-state index in [1.165, 1.54) is 0 Å². The fourth-order valence-corrected chi connectivity index (χ4v) is 5.95. The van der Waals surface area contributed by atoms with Crippen LogP contribution in [0.5, 0.6) is 0 Å². The van der Waals surface area contributed by atoms with Crippen molar-refractivity contribution in [2.45, 2.75) is 96.7 Å². The first-order valence-corrected chi connectivity index (χ1v) is 12.3. The molecule has 24 heavy (non-hydrogen) atoms. The van der Waals surface area contributed by atoms with E-state index in [1.807, 2.05) is 20.8 Å². The van der Waals surface area contributed by atoms with E-state index in [0.717, 1.165) is 38.0 Å². The first-order chi connectivity index (χ1) is 11.1. The highest BCUT2D eigenvalue weighted by atomic mass is 28.4. The maximum atomic E-state index is 12.7. The number of carbonyl (C=O) groups is 2. The summed E-state index contributed by atoms with van der Waals surface area (Å²) >= 11 is 0. The maximum Gasteiger partial charge on any atom is 0.412 e. The van der Waals surface area contributed by atoms with Gasteiger partial charge in [0.25, 0.3) is 0 Å². The van der Waals surface area contributed by atoms with Crippen LogP contribution in [0.4, 0.5) is 4.79 Å². The average molecular weight is 358 g/mol. The Balaban J connectivity index is 2.99. The van der Waals surface area contributed by atoms with E-state index in [9.17, 15) is 9.59 Å². The predicted octanol–water partition coefficient (Wildman–Crippen LogP) is 4.71. The largest absolute Gasteiger partial charge is 0.444 e. The van der Waals surface area contributed by atoms with E-state index in [2.05, 4.69) is 20.0 Å². The Morgan fingerprint density at radius 1 is 1.33 bits per heavy atom. The molecule has 1 amide bonds. The summed E-state index contributed by atoms with van der Waals surface area (Å²) in [5.74, 6) is 0. The van der Waals surface area contributed by atoms with Crippen molar-refractivity contribution < 1.29 is 18.8 Å². The Morgan fingerprint density at radius 2 is 2.00 bits per heavy atom. The summed E-state index contributed by atoms with van der Waals surface area (Å²) in [6, 6.07) is 1.06. The van der Waals surface area contributed by atoms with Crippen LogP contribution in [0, 0.1) is 0 Å². The Hall–Kier alpha value is -0.883. The molecule has 0 aromatic heterocycles. The van der Waals surface area contributed by atoms with Gasteiger partial charge in [0.05, 0.1) is 0 Å². The minimum atomic E-state index is -1.92. The Kier molecular flexibility index (Phi) is 7.47. The number of carbonyl (C=O) groups excluding carboxylic acids is 2. The summed E-state index contributed by atoms with van der Waals surface area (Å²) in [5, 5.41) is 0. The van der Waals surface area contributed by atoms with Gasteiger partial charge in [0.15, 0.2) is 8.32 Å². The Bertz CT molecular complexity index is 433. The normalized spacial score (nSPS) is 21.8. The minimum absolute atomic E-state index is 0.328. The lowest BCUT2D eigenvalue weighted by Gasteiger charge is -2.43. The van der Waals surface area contributed by atoms with Gasteiger partial charge in [-0.1, -0.05) is 19.8 Å². The lowest BCUT2D eigenvalue weighted by Crippen LogP contribution is -2.55. The number of amides is 1. The van der Waals surface area contributed by atoms with Gasteiger partial charge in [-0.3, -0.25) is 4.90 Å². The molecule has 1 aliphatic rings. The van der Waals surface area contributed by atoms with Crippen molar-refractivity contribution in [3.05, 3.63) is 0 Å². The van der Waals surface area contributed by atoms with Crippen molar-refractivity contribution in [2.24, 2.45) is 0 Å². The van der Waals surface area contributed by atoms with Crippen LogP contribution in [0.2, 0.25) is 19.1 Å². The fraction of sp³-hybridized carbons (Fsp3) is 0.889. The van der Waals surface area contributed by atoms with Gasteiger partial charge in [0, 0.05) is 19.4 Å². The summed E-state index contributed by atoms with van der Waals surface area (Å²) < 4.78 is 12.2. The third-order valence-electron chi connectivity index (χ3n) is 4.31. The van der Waals surface area contributed by atoms with E-state index >= 15 is 0 Å². The van der Waals surface area contributed by atoms with Crippen LogP contribution in [-0.2, 0) is 14.0 Å². The molecule has 6 heteroatoms. The molecule has 0 aliphatic carbocycles. The quantitative estimate of drug-likeness (QED) is 0.466. The number of hydrogen-bond acceptors (Lipinski definition) is 4. The third-order valence-corrected chi connectivity index (χ3v) is 6.80. The van der Waals surface area contributed by atoms with Gasteiger partial charge in [0.1, 0.15) is 17.6 Å². The molecule has 0 N–H and O–H groups in total. The molecule has 0 saturated carbocycles. The summed E-state index contributed by atoms with van der Waals surface area (Å²) in [7, 11) is -1.92. The highest BCUT2D eigenvalue weighted by Crippen LogP contribution is 2.39. The number of rotatable bonds is 8. The van der Waals surface area contributed by atoms with E-state index in [0.29, 0.717) is 19.4 Å². The molecule has 1 saturated heterocycles. The van der Waals surface area contributed by atoms with Crippen LogP contribution >= 0.6 is 0 Å². The number of aldehydes is 1. The number of hydrogen-bond donors (Lipinski definition) is 0. The first-order valence-electron chi connectivity index (χ1n) is 9.20. The Morgan fingerprint density at radius 3 is 2.54 bits per heavy atom. The second-order valence-corrected chi connectivity index (χ2v) is 12.6. The number of unbranched alkanes of at least 4 members (excludes halogenated alkanes) is 1. The molecule has 1 heterocycles. The van der Waals surface area contributed by atoms with Crippen LogP contribution in [0.15, 0.2) is 0 Å². The fourth-order valence-electron chi connectivity index (χ4n) is 3.30. The van der Waals surface area contributed by atoms with Gasteiger partial charge in [-0.25, -0.2) is 4.79 Å². The van der Waals surface area contributed by atoms with Crippen molar-refractivity contribution in [1.29, 1.82) is 0 Å². The van der Waals surface area contributed by atoms with Crippen LogP contribution in [0.25, 0.3) is 0 Å². The smallest absolute Gasteiger partial charge is 0.412 e.